The third kappa shape index (κ3) is 4.39. The van der Waals surface area contributed by atoms with Gasteiger partial charge in [-0.2, -0.15) is 0 Å². The maximum Gasteiger partial charge on any atom is 0.161 e. The second-order valence-corrected chi connectivity index (χ2v) is 5.54. The van der Waals surface area contributed by atoms with Gasteiger partial charge in [0.1, 0.15) is 0 Å². The van der Waals surface area contributed by atoms with Crippen molar-refractivity contribution in [3.05, 3.63) is 23.8 Å². The summed E-state index contributed by atoms with van der Waals surface area (Å²) in [4.78, 5) is 0. The smallest absolute Gasteiger partial charge is 0.161 e. The summed E-state index contributed by atoms with van der Waals surface area (Å²) in [5.41, 5.74) is 1.11. The highest BCUT2D eigenvalue weighted by atomic mass is 16.5. The van der Waals surface area contributed by atoms with Crippen molar-refractivity contribution in [2.45, 2.75) is 45.3 Å². The average Bonchev–Trinajstić information content (AvgIpc) is 2.45. The number of hydrogen-bond donors (Lipinski definition) is 3. The van der Waals surface area contributed by atoms with Crippen molar-refractivity contribution in [3.8, 4) is 11.5 Å². The highest BCUT2D eigenvalue weighted by Crippen LogP contribution is 2.27. The van der Waals surface area contributed by atoms with Gasteiger partial charge in [0.15, 0.2) is 11.5 Å². The number of aliphatic hydroxyl groups is 1. The van der Waals surface area contributed by atoms with Gasteiger partial charge in [0.2, 0.25) is 0 Å². The standard InChI is InChI=1S/C16H25NO3/c1-2-20-16-9-13(5-8-15(16)19)11-17-10-12-3-6-14(18)7-4-12/h5,8-9,12,14,17-19H,2-4,6-7,10-11H2,1H3. The van der Waals surface area contributed by atoms with E-state index in [4.69, 9.17) is 4.74 Å². The van der Waals surface area contributed by atoms with Crippen molar-refractivity contribution < 1.29 is 14.9 Å². The van der Waals surface area contributed by atoms with E-state index in [0.29, 0.717) is 18.3 Å². The summed E-state index contributed by atoms with van der Waals surface area (Å²) in [7, 11) is 0. The second-order valence-electron chi connectivity index (χ2n) is 5.54. The largest absolute Gasteiger partial charge is 0.504 e. The Morgan fingerprint density at radius 3 is 2.70 bits per heavy atom. The molecule has 112 valence electrons. The summed E-state index contributed by atoms with van der Waals surface area (Å²) in [6.07, 6.45) is 3.99. The molecule has 4 heteroatoms. The van der Waals surface area contributed by atoms with Crippen LogP contribution in [0.25, 0.3) is 0 Å². The third-order valence-corrected chi connectivity index (χ3v) is 3.90. The summed E-state index contributed by atoms with van der Waals surface area (Å²) < 4.78 is 5.38. The van der Waals surface area contributed by atoms with Crippen molar-refractivity contribution in [2.75, 3.05) is 13.2 Å². The normalized spacial score (nSPS) is 22.7. The van der Waals surface area contributed by atoms with E-state index in [2.05, 4.69) is 5.32 Å². The number of phenols is 1. The number of hydrogen-bond acceptors (Lipinski definition) is 4. The van der Waals surface area contributed by atoms with Gasteiger partial charge in [0, 0.05) is 6.54 Å². The molecule has 2 rings (SSSR count). The van der Waals surface area contributed by atoms with Gasteiger partial charge in [-0.1, -0.05) is 6.07 Å². The molecule has 1 aromatic carbocycles. The molecular formula is C16H25NO3. The van der Waals surface area contributed by atoms with E-state index in [9.17, 15) is 10.2 Å². The molecule has 1 fully saturated rings. The van der Waals surface area contributed by atoms with Crippen molar-refractivity contribution in [1.29, 1.82) is 0 Å². The monoisotopic (exact) mass is 279 g/mol. The number of aliphatic hydroxyl groups excluding tert-OH is 1. The van der Waals surface area contributed by atoms with E-state index in [0.717, 1.165) is 44.3 Å². The van der Waals surface area contributed by atoms with Crippen LogP contribution in [0.5, 0.6) is 11.5 Å². The van der Waals surface area contributed by atoms with Gasteiger partial charge >= 0.3 is 0 Å². The van der Waals surface area contributed by atoms with E-state index < -0.39 is 0 Å². The van der Waals surface area contributed by atoms with Crippen LogP contribution < -0.4 is 10.1 Å². The SMILES string of the molecule is CCOc1cc(CNCC2CCC(O)CC2)ccc1O. The van der Waals surface area contributed by atoms with Crippen LogP contribution in [0, 0.1) is 5.92 Å². The Bertz CT molecular complexity index is 414. The molecule has 0 bridgehead atoms. The minimum Gasteiger partial charge on any atom is -0.504 e. The maximum absolute atomic E-state index is 9.65. The fourth-order valence-corrected chi connectivity index (χ4v) is 2.71. The Hall–Kier alpha value is -1.26. The fraction of sp³-hybridized carbons (Fsp3) is 0.625. The summed E-state index contributed by atoms with van der Waals surface area (Å²) in [6.45, 7) is 4.22. The summed E-state index contributed by atoms with van der Waals surface area (Å²) >= 11 is 0. The second kappa shape index (κ2) is 7.50. The highest BCUT2D eigenvalue weighted by Gasteiger charge is 2.18. The summed E-state index contributed by atoms with van der Waals surface area (Å²) in [6, 6.07) is 5.48. The van der Waals surface area contributed by atoms with Crippen LogP contribution >= 0.6 is 0 Å². The maximum atomic E-state index is 9.65. The van der Waals surface area contributed by atoms with Gasteiger partial charge in [-0.3, -0.25) is 0 Å². The zero-order valence-electron chi connectivity index (χ0n) is 12.1. The molecule has 0 radical (unpaired) electrons. The first-order valence-electron chi connectivity index (χ1n) is 7.52. The first-order chi connectivity index (χ1) is 9.69. The molecule has 4 nitrogen and oxygen atoms in total. The minimum atomic E-state index is -0.0860. The van der Waals surface area contributed by atoms with E-state index in [-0.39, 0.29) is 11.9 Å². The highest BCUT2D eigenvalue weighted by molar-refractivity contribution is 5.41. The van der Waals surface area contributed by atoms with Crippen molar-refractivity contribution >= 4 is 0 Å². The predicted octanol–water partition coefficient (Wildman–Crippen LogP) is 2.43. The zero-order valence-corrected chi connectivity index (χ0v) is 12.1. The molecule has 20 heavy (non-hydrogen) atoms. The Labute approximate surface area is 120 Å². The Balaban J connectivity index is 1.77. The molecule has 0 spiro atoms. The van der Waals surface area contributed by atoms with Crippen LogP contribution in [-0.4, -0.2) is 29.5 Å². The molecule has 0 amide bonds. The van der Waals surface area contributed by atoms with E-state index in [1.165, 1.54) is 0 Å². The van der Waals surface area contributed by atoms with Gasteiger partial charge in [-0.15, -0.1) is 0 Å². The first kappa shape index (κ1) is 15.1. The number of rotatable bonds is 6. The van der Waals surface area contributed by atoms with Gasteiger partial charge < -0.3 is 20.3 Å². The summed E-state index contributed by atoms with van der Waals surface area (Å²) in [5, 5.41) is 22.6. The van der Waals surface area contributed by atoms with Crippen LogP contribution in [0.3, 0.4) is 0 Å². The number of benzene rings is 1. The van der Waals surface area contributed by atoms with Gasteiger partial charge in [0.25, 0.3) is 0 Å². The molecule has 0 aromatic heterocycles. The van der Waals surface area contributed by atoms with E-state index in [1.54, 1.807) is 6.07 Å². The molecular weight excluding hydrogens is 254 g/mol. The number of phenolic OH excluding ortho intramolecular Hbond substituents is 1. The third-order valence-electron chi connectivity index (χ3n) is 3.90. The van der Waals surface area contributed by atoms with Crippen LogP contribution in [0.1, 0.15) is 38.2 Å². The lowest BCUT2D eigenvalue weighted by Crippen LogP contribution is -2.27. The molecule has 0 saturated heterocycles. The first-order valence-corrected chi connectivity index (χ1v) is 7.52. The van der Waals surface area contributed by atoms with Crippen molar-refractivity contribution in [2.24, 2.45) is 5.92 Å². The van der Waals surface area contributed by atoms with Gasteiger partial charge in [-0.05, 0) is 62.8 Å². The van der Waals surface area contributed by atoms with E-state index in [1.807, 2.05) is 19.1 Å². The molecule has 3 N–H and O–H groups in total. The number of ether oxygens (including phenoxy) is 1. The van der Waals surface area contributed by atoms with Crippen molar-refractivity contribution in [1.82, 2.24) is 5.32 Å². The number of nitrogens with one attached hydrogen (secondary N) is 1. The number of aromatic hydroxyl groups is 1. The molecule has 0 atom stereocenters. The molecule has 0 unspecified atom stereocenters. The summed E-state index contributed by atoms with van der Waals surface area (Å²) in [5.74, 6) is 1.41. The predicted molar refractivity (Wildman–Crippen MR) is 78.9 cm³/mol. The molecule has 1 aliphatic rings. The van der Waals surface area contributed by atoms with Crippen LogP contribution in [0.2, 0.25) is 0 Å². The zero-order chi connectivity index (χ0) is 14.4. The quantitative estimate of drug-likeness (QED) is 0.748. The minimum absolute atomic E-state index is 0.0860. The van der Waals surface area contributed by atoms with Crippen LogP contribution in [0.4, 0.5) is 0 Å². The van der Waals surface area contributed by atoms with Crippen LogP contribution in [-0.2, 0) is 6.54 Å². The molecule has 1 saturated carbocycles. The van der Waals surface area contributed by atoms with Gasteiger partial charge in [0.05, 0.1) is 12.7 Å². The van der Waals surface area contributed by atoms with Crippen LogP contribution in [0.15, 0.2) is 18.2 Å². The average molecular weight is 279 g/mol. The Morgan fingerprint density at radius 1 is 1.25 bits per heavy atom. The van der Waals surface area contributed by atoms with Gasteiger partial charge in [-0.25, -0.2) is 0 Å². The topological polar surface area (TPSA) is 61.7 Å². The lowest BCUT2D eigenvalue weighted by Gasteiger charge is -2.25. The molecule has 0 aliphatic heterocycles. The van der Waals surface area contributed by atoms with E-state index >= 15 is 0 Å². The Morgan fingerprint density at radius 2 is 2.00 bits per heavy atom. The Kier molecular flexibility index (Phi) is 5.68. The molecule has 0 heterocycles. The molecule has 1 aliphatic carbocycles. The molecule has 1 aromatic rings. The fourth-order valence-electron chi connectivity index (χ4n) is 2.71. The lowest BCUT2D eigenvalue weighted by atomic mass is 9.87. The van der Waals surface area contributed by atoms with Crippen molar-refractivity contribution in [3.63, 3.8) is 0 Å². The lowest BCUT2D eigenvalue weighted by molar-refractivity contribution is 0.108.